The number of carbonyl (C=O) groups excluding carboxylic acids is 2. The van der Waals surface area contributed by atoms with Crippen molar-refractivity contribution in [3.8, 4) is 0 Å². The summed E-state index contributed by atoms with van der Waals surface area (Å²) in [7, 11) is 1.31. The Morgan fingerprint density at radius 2 is 1.78 bits per heavy atom. The van der Waals surface area contributed by atoms with Crippen molar-refractivity contribution in [1.29, 1.82) is 0 Å². The van der Waals surface area contributed by atoms with Gasteiger partial charge in [0.1, 0.15) is 0 Å². The molecular formula is C19H15ClN4O3. The van der Waals surface area contributed by atoms with E-state index in [2.05, 4.69) is 20.6 Å². The summed E-state index contributed by atoms with van der Waals surface area (Å²) in [5, 5.41) is 6.17. The molecule has 1 amide bonds. The molecule has 2 aromatic carbocycles. The van der Waals surface area contributed by atoms with Crippen LogP contribution >= 0.6 is 11.6 Å². The fourth-order valence-electron chi connectivity index (χ4n) is 2.28. The van der Waals surface area contributed by atoms with Crippen LogP contribution in [0.3, 0.4) is 0 Å². The molecule has 3 aromatic rings. The monoisotopic (exact) mass is 382 g/mol. The number of methoxy groups -OCH3 is 1. The van der Waals surface area contributed by atoms with Crippen LogP contribution in [0.4, 0.5) is 17.3 Å². The molecule has 27 heavy (non-hydrogen) atoms. The average Bonchev–Trinajstić information content (AvgIpc) is 2.68. The minimum Gasteiger partial charge on any atom is -0.465 e. The minimum absolute atomic E-state index is 0.241. The van der Waals surface area contributed by atoms with Crippen molar-refractivity contribution >= 4 is 40.8 Å². The zero-order valence-electron chi connectivity index (χ0n) is 14.3. The molecule has 0 spiro atoms. The van der Waals surface area contributed by atoms with Crippen molar-refractivity contribution in [2.24, 2.45) is 0 Å². The predicted molar refractivity (Wildman–Crippen MR) is 103 cm³/mol. The van der Waals surface area contributed by atoms with Gasteiger partial charge in [0.2, 0.25) is 5.95 Å². The third-order valence-corrected chi connectivity index (χ3v) is 3.81. The molecule has 0 saturated heterocycles. The Balaban J connectivity index is 1.72. The first-order valence-electron chi connectivity index (χ1n) is 7.90. The number of nitrogens with zero attached hydrogens (tertiary/aromatic N) is 2. The number of carbonyl (C=O) groups is 2. The van der Waals surface area contributed by atoms with Crippen molar-refractivity contribution in [3.63, 3.8) is 0 Å². The molecule has 7 nitrogen and oxygen atoms in total. The number of esters is 1. The number of hydrogen-bond acceptors (Lipinski definition) is 6. The predicted octanol–water partition coefficient (Wildman–Crippen LogP) is 3.91. The molecule has 1 aromatic heterocycles. The summed E-state index contributed by atoms with van der Waals surface area (Å²) in [6.45, 7) is 0. The van der Waals surface area contributed by atoms with E-state index < -0.39 is 5.97 Å². The summed E-state index contributed by atoms with van der Waals surface area (Å²) in [6.07, 6.45) is 2.77. The van der Waals surface area contributed by atoms with Crippen LogP contribution in [0.15, 0.2) is 60.9 Å². The molecule has 2 N–H and O–H groups in total. The molecule has 0 aliphatic heterocycles. The first-order valence-corrected chi connectivity index (χ1v) is 8.28. The van der Waals surface area contributed by atoms with Gasteiger partial charge in [-0.2, -0.15) is 0 Å². The first-order chi connectivity index (χ1) is 13.1. The number of rotatable bonds is 5. The lowest BCUT2D eigenvalue weighted by Crippen LogP contribution is -2.13. The number of nitrogens with one attached hydrogen (secondary N) is 2. The number of amides is 1. The van der Waals surface area contributed by atoms with Crippen molar-refractivity contribution in [2.45, 2.75) is 0 Å². The summed E-state index contributed by atoms with van der Waals surface area (Å²) in [6, 6.07) is 13.6. The van der Waals surface area contributed by atoms with Crippen LogP contribution in [-0.4, -0.2) is 29.0 Å². The SMILES string of the molecule is COC(=O)c1ccccc1Nc1ncc(C(=O)Nc2cccc(Cl)c2)cn1. The number of aromatic nitrogens is 2. The molecule has 8 heteroatoms. The lowest BCUT2D eigenvalue weighted by Gasteiger charge is -2.10. The third kappa shape index (κ3) is 4.59. The topological polar surface area (TPSA) is 93.2 Å². The maximum Gasteiger partial charge on any atom is 0.339 e. The number of para-hydroxylation sites is 1. The van der Waals surface area contributed by atoms with E-state index in [4.69, 9.17) is 16.3 Å². The van der Waals surface area contributed by atoms with Crippen molar-refractivity contribution < 1.29 is 14.3 Å². The summed E-state index contributed by atoms with van der Waals surface area (Å²) in [4.78, 5) is 32.3. The van der Waals surface area contributed by atoms with Gasteiger partial charge in [-0.1, -0.05) is 29.8 Å². The summed E-state index contributed by atoms with van der Waals surface area (Å²) in [5.74, 6) is -0.597. The maximum atomic E-state index is 12.3. The average molecular weight is 383 g/mol. The van der Waals surface area contributed by atoms with Crippen LogP contribution in [0, 0.1) is 0 Å². The van der Waals surface area contributed by atoms with E-state index in [1.807, 2.05) is 0 Å². The molecule has 0 bridgehead atoms. The van der Waals surface area contributed by atoms with Gasteiger partial charge >= 0.3 is 5.97 Å². The van der Waals surface area contributed by atoms with E-state index in [-0.39, 0.29) is 17.4 Å². The maximum absolute atomic E-state index is 12.3. The zero-order chi connectivity index (χ0) is 19.2. The van der Waals surface area contributed by atoms with E-state index in [0.29, 0.717) is 22.0 Å². The summed E-state index contributed by atoms with van der Waals surface area (Å²) in [5.41, 5.74) is 1.70. The molecule has 0 atom stereocenters. The van der Waals surface area contributed by atoms with Crippen molar-refractivity contribution in [1.82, 2.24) is 9.97 Å². The Bertz CT molecular complexity index is 977. The van der Waals surface area contributed by atoms with Crippen molar-refractivity contribution in [3.05, 3.63) is 77.1 Å². The standard InChI is InChI=1S/C19H15ClN4O3/c1-27-18(26)15-7-2-3-8-16(15)24-19-21-10-12(11-22-19)17(25)23-14-6-4-5-13(20)9-14/h2-11H,1H3,(H,23,25)(H,21,22,24). The molecular weight excluding hydrogens is 368 g/mol. The Hall–Kier alpha value is -3.45. The van der Waals surface area contributed by atoms with Gasteiger partial charge in [-0.15, -0.1) is 0 Å². The molecule has 0 saturated carbocycles. The zero-order valence-corrected chi connectivity index (χ0v) is 15.0. The highest BCUT2D eigenvalue weighted by molar-refractivity contribution is 6.30. The van der Waals surface area contributed by atoms with Gasteiger partial charge in [0.15, 0.2) is 0 Å². The second-order valence-corrected chi connectivity index (χ2v) is 5.86. The Morgan fingerprint density at radius 1 is 1.04 bits per heavy atom. The smallest absolute Gasteiger partial charge is 0.339 e. The van der Waals surface area contributed by atoms with E-state index >= 15 is 0 Å². The lowest BCUT2D eigenvalue weighted by molar-refractivity contribution is 0.0601. The summed E-state index contributed by atoms with van der Waals surface area (Å²) < 4.78 is 4.75. The Labute approximate surface area is 160 Å². The van der Waals surface area contributed by atoms with Crippen LogP contribution < -0.4 is 10.6 Å². The quantitative estimate of drug-likeness (QED) is 0.650. The van der Waals surface area contributed by atoms with Gasteiger partial charge in [-0.3, -0.25) is 4.79 Å². The Morgan fingerprint density at radius 3 is 2.48 bits per heavy atom. The fourth-order valence-corrected chi connectivity index (χ4v) is 2.47. The fraction of sp³-hybridized carbons (Fsp3) is 0.0526. The van der Waals surface area contributed by atoms with Crippen LogP contribution in [-0.2, 0) is 4.74 Å². The minimum atomic E-state index is -0.476. The summed E-state index contributed by atoms with van der Waals surface area (Å²) >= 11 is 5.90. The number of anilines is 3. The van der Waals surface area contributed by atoms with Gasteiger partial charge in [0, 0.05) is 23.1 Å². The van der Waals surface area contributed by atoms with E-state index in [9.17, 15) is 9.59 Å². The highest BCUT2D eigenvalue weighted by Gasteiger charge is 2.13. The normalized spacial score (nSPS) is 10.1. The van der Waals surface area contributed by atoms with Gasteiger partial charge in [0.05, 0.1) is 23.9 Å². The largest absolute Gasteiger partial charge is 0.465 e. The lowest BCUT2D eigenvalue weighted by atomic mass is 10.2. The number of hydrogen-bond donors (Lipinski definition) is 2. The van der Waals surface area contributed by atoms with Crippen LogP contribution in [0.1, 0.15) is 20.7 Å². The second kappa shape index (κ2) is 8.29. The van der Waals surface area contributed by atoms with E-state index in [1.165, 1.54) is 19.5 Å². The van der Waals surface area contributed by atoms with Gasteiger partial charge in [0.25, 0.3) is 5.91 Å². The number of benzene rings is 2. The highest BCUT2D eigenvalue weighted by Crippen LogP contribution is 2.20. The molecule has 136 valence electrons. The highest BCUT2D eigenvalue weighted by atomic mass is 35.5. The van der Waals surface area contributed by atoms with Gasteiger partial charge in [-0.05, 0) is 30.3 Å². The molecule has 0 unspecified atom stereocenters. The van der Waals surface area contributed by atoms with E-state index in [0.717, 1.165) is 0 Å². The van der Waals surface area contributed by atoms with E-state index in [1.54, 1.807) is 48.5 Å². The number of halogens is 1. The molecule has 1 heterocycles. The van der Waals surface area contributed by atoms with Gasteiger partial charge < -0.3 is 15.4 Å². The molecule has 0 aliphatic rings. The van der Waals surface area contributed by atoms with Crippen molar-refractivity contribution in [2.75, 3.05) is 17.7 Å². The molecule has 3 rings (SSSR count). The second-order valence-electron chi connectivity index (χ2n) is 5.42. The Kier molecular flexibility index (Phi) is 5.63. The van der Waals surface area contributed by atoms with Crippen LogP contribution in [0.25, 0.3) is 0 Å². The molecule has 0 radical (unpaired) electrons. The van der Waals surface area contributed by atoms with Crippen LogP contribution in [0.5, 0.6) is 0 Å². The molecule has 0 fully saturated rings. The molecule has 0 aliphatic carbocycles. The van der Waals surface area contributed by atoms with Crippen LogP contribution in [0.2, 0.25) is 5.02 Å². The third-order valence-electron chi connectivity index (χ3n) is 3.58. The first kappa shape index (κ1) is 18.3. The van der Waals surface area contributed by atoms with Gasteiger partial charge in [-0.25, -0.2) is 14.8 Å². The number of ether oxygens (including phenoxy) is 1.